The third-order valence-corrected chi connectivity index (χ3v) is 3.28. The molecule has 0 aliphatic carbocycles. The van der Waals surface area contributed by atoms with Gasteiger partial charge in [0.25, 0.3) is 5.91 Å². The molecule has 0 spiro atoms. The van der Waals surface area contributed by atoms with Crippen molar-refractivity contribution in [2.45, 2.75) is 33.2 Å². The van der Waals surface area contributed by atoms with Crippen LogP contribution in [0.4, 0.5) is 0 Å². The van der Waals surface area contributed by atoms with Gasteiger partial charge in [0.1, 0.15) is 5.69 Å². The minimum absolute atomic E-state index is 0.0575. The minimum atomic E-state index is -0.305. The second-order valence-electron chi connectivity index (χ2n) is 6.39. The van der Waals surface area contributed by atoms with Gasteiger partial charge in [-0.1, -0.05) is 18.2 Å². The van der Waals surface area contributed by atoms with Crippen molar-refractivity contribution in [1.29, 1.82) is 0 Å². The molecular formula is C17H23N3O2. The van der Waals surface area contributed by atoms with Gasteiger partial charge in [0.15, 0.2) is 0 Å². The van der Waals surface area contributed by atoms with Crippen LogP contribution in [0.15, 0.2) is 30.3 Å². The predicted molar refractivity (Wildman–Crippen MR) is 87.8 cm³/mol. The molecule has 5 nitrogen and oxygen atoms in total. The molecule has 0 radical (unpaired) electrons. The molecule has 2 N–H and O–H groups in total. The summed E-state index contributed by atoms with van der Waals surface area (Å²) in [6, 6.07) is 9.54. The van der Waals surface area contributed by atoms with Gasteiger partial charge in [-0.15, -0.1) is 0 Å². The van der Waals surface area contributed by atoms with Crippen LogP contribution in [-0.4, -0.2) is 40.3 Å². The number of nitrogens with zero attached hydrogens (tertiary/aromatic N) is 1. The normalized spacial score (nSPS) is 11.5. The Hall–Kier alpha value is -2.30. The standard InChI is InChI=1S/C17H23N3O2/c1-5-20(11-15(21)19-17(2,3)4)16(22)14-10-12-8-6-7-9-13(12)18-14/h6-10,18H,5,11H2,1-4H3,(H,19,21). The van der Waals surface area contributed by atoms with Crippen molar-refractivity contribution in [3.8, 4) is 0 Å². The van der Waals surface area contributed by atoms with Gasteiger partial charge >= 0.3 is 0 Å². The number of aromatic nitrogens is 1. The average molecular weight is 301 g/mol. The van der Waals surface area contributed by atoms with Gasteiger partial charge in [0.05, 0.1) is 6.54 Å². The summed E-state index contributed by atoms with van der Waals surface area (Å²) in [6.45, 7) is 8.15. The van der Waals surface area contributed by atoms with E-state index in [9.17, 15) is 9.59 Å². The fraction of sp³-hybridized carbons (Fsp3) is 0.412. The Morgan fingerprint density at radius 2 is 1.91 bits per heavy atom. The Balaban J connectivity index is 2.13. The van der Waals surface area contributed by atoms with Crippen LogP contribution >= 0.6 is 0 Å². The summed E-state index contributed by atoms with van der Waals surface area (Å²) < 4.78 is 0. The van der Waals surface area contributed by atoms with Gasteiger partial charge in [-0.05, 0) is 39.8 Å². The van der Waals surface area contributed by atoms with E-state index in [2.05, 4.69) is 10.3 Å². The van der Waals surface area contributed by atoms with Gasteiger partial charge in [-0.2, -0.15) is 0 Å². The lowest BCUT2D eigenvalue weighted by atomic mass is 10.1. The summed E-state index contributed by atoms with van der Waals surface area (Å²) >= 11 is 0. The Morgan fingerprint density at radius 3 is 2.50 bits per heavy atom. The average Bonchev–Trinajstić information content (AvgIpc) is 2.86. The van der Waals surface area contributed by atoms with E-state index in [1.165, 1.54) is 4.90 Å². The Morgan fingerprint density at radius 1 is 1.23 bits per heavy atom. The van der Waals surface area contributed by atoms with Crippen molar-refractivity contribution in [2.75, 3.05) is 13.1 Å². The first-order valence-corrected chi connectivity index (χ1v) is 7.48. The van der Waals surface area contributed by atoms with E-state index in [0.29, 0.717) is 12.2 Å². The van der Waals surface area contributed by atoms with Crippen LogP contribution in [0.2, 0.25) is 0 Å². The van der Waals surface area contributed by atoms with Gasteiger partial charge in [-0.25, -0.2) is 0 Å². The van der Waals surface area contributed by atoms with Gasteiger partial charge in [0, 0.05) is 23.0 Å². The first kappa shape index (κ1) is 16.1. The summed E-state index contributed by atoms with van der Waals surface area (Å²) in [5.41, 5.74) is 1.12. The largest absolute Gasteiger partial charge is 0.351 e. The number of hydrogen-bond acceptors (Lipinski definition) is 2. The summed E-state index contributed by atoms with van der Waals surface area (Å²) in [7, 11) is 0. The monoisotopic (exact) mass is 301 g/mol. The number of nitrogens with one attached hydrogen (secondary N) is 2. The molecule has 2 amide bonds. The molecular weight excluding hydrogens is 278 g/mol. The lowest BCUT2D eigenvalue weighted by molar-refractivity contribution is -0.123. The van der Waals surface area contributed by atoms with Gasteiger partial charge < -0.3 is 15.2 Å². The highest BCUT2D eigenvalue weighted by molar-refractivity contribution is 5.99. The van der Waals surface area contributed by atoms with Crippen LogP contribution < -0.4 is 5.32 Å². The first-order chi connectivity index (χ1) is 10.3. The number of likely N-dealkylation sites (N-methyl/N-ethyl adjacent to an activating group) is 1. The lowest BCUT2D eigenvalue weighted by Crippen LogP contribution is -2.47. The van der Waals surface area contributed by atoms with Crippen molar-refractivity contribution in [3.05, 3.63) is 36.0 Å². The zero-order valence-electron chi connectivity index (χ0n) is 13.6. The maximum absolute atomic E-state index is 12.6. The number of amides is 2. The number of H-pyrrole nitrogens is 1. The third kappa shape index (κ3) is 3.87. The SMILES string of the molecule is CCN(CC(=O)NC(C)(C)C)C(=O)c1cc2ccccc2[nH]1. The fourth-order valence-corrected chi connectivity index (χ4v) is 2.32. The zero-order valence-corrected chi connectivity index (χ0v) is 13.6. The molecule has 2 rings (SSSR count). The van der Waals surface area contributed by atoms with Crippen LogP contribution in [0.3, 0.4) is 0 Å². The molecule has 118 valence electrons. The molecule has 22 heavy (non-hydrogen) atoms. The quantitative estimate of drug-likeness (QED) is 0.911. The first-order valence-electron chi connectivity index (χ1n) is 7.48. The zero-order chi connectivity index (χ0) is 16.3. The van der Waals surface area contributed by atoms with Crippen LogP contribution in [0.25, 0.3) is 10.9 Å². The van der Waals surface area contributed by atoms with E-state index in [1.807, 2.05) is 58.0 Å². The van der Waals surface area contributed by atoms with Crippen LogP contribution in [0.5, 0.6) is 0 Å². The van der Waals surface area contributed by atoms with E-state index in [1.54, 1.807) is 0 Å². The smallest absolute Gasteiger partial charge is 0.270 e. The van der Waals surface area contributed by atoms with Crippen molar-refractivity contribution < 1.29 is 9.59 Å². The molecule has 0 saturated heterocycles. The van der Waals surface area contributed by atoms with E-state index in [0.717, 1.165) is 10.9 Å². The van der Waals surface area contributed by atoms with E-state index in [4.69, 9.17) is 0 Å². The van der Waals surface area contributed by atoms with Crippen molar-refractivity contribution >= 4 is 22.7 Å². The van der Waals surface area contributed by atoms with Crippen molar-refractivity contribution in [3.63, 3.8) is 0 Å². The second kappa shape index (κ2) is 6.22. The van der Waals surface area contributed by atoms with E-state index >= 15 is 0 Å². The topological polar surface area (TPSA) is 65.2 Å². The van der Waals surface area contributed by atoms with Crippen molar-refractivity contribution in [2.24, 2.45) is 0 Å². The number of carbonyl (C=O) groups is 2. The molecule has 1 aromatic carbocycles. The molecule has 5 heteroatoms. The summed E-state index contributed by atoms with van der Waals surface area (Å²) in [4.78, 5) is 29.2. The highest BCUT2D eigenvalue weighted by Crippen LogP contribution is 2.16. The van der Waals surface area contributed by atoms with Gasteiger partial charge in [-0.3, -0.25) is 9.59 Å². The number of hydrogen-bond donors (Lipinski definition) is 2. The molecule has 0 fully saturated rings. The maximum Gasteiger partial charge on any atom is 0.270 e. The van der Waals surface area contributed by atoms with Crippen LogP contribution in [0.1, 0.15) is 38.2 Å². The Kier molecular flexibility index (Phi) is 4.54. The highest BCUT2D eigenvalue weighted by atomic mass is 16.2. The predicted octanol–water partition coefficient (Wildman–Crippen LogP) is 2.54. The summed E-state index contributed by atoms with van der Waals surface area (Å²) in [5, 5.41) is 3.86. The molecule has 0 bridgehead atoms. The number of rotatable bonds is 4. The second-order valence-corrected chi connectivity index (χ2v) is 6.39. The molecule has 2 aromatic rings. The molecule has 0 atom stereocenters. The van der Waals surface area contributed by atoms with Crippen LogP contribution in [0, 0.1) is 0 Å². The third-order valence-electron chi connectivity index (χ3n) is 3.28. The molecule has 0 aliphatic rings. The number of carbonyl (C=O) groups excluding carboxylic acids is 2. The maximum atomic E-state index is 12.6. The number of fused-ring (bicyclic) bond motifs is 1. The van der Waals surface area contributed by atoms with Crippen molar-refractivity contribution in [1.82, 2.24) is 15.2 Å². The van der Waals surface area contributed by atoms with E-state index in [-0.39, 0.29) is 23.9 Å². The molecule has 1 heterocycles. The molecule has 0 aliphatic heterocycles. The van der Waals surface area contributed by atoms with E-state index < -0.39 is 0 Å². The van der Waals surface area contributed by atoms with Crippen LogP contribution in [-0.2, 0) is 4.79 Å². The van der Waals surface area contributed by atoms with Gasteiger partial charge in [0.2, 0.25) is 5.91 Å². The Bertz CT molecular complexity index is 650. The molecule has 0 unspecified atom stereocenters. The molecule has 0 saturated carbocycles. The number of benzene rings is 1. The number of para-hydroxylation sites is 1. The summed E-state index contributed by atoms with van der Waals surface area (Å²) in [5.74, 6) is -0.318. The minimum Gasteiger partial charge on any atom is -0.351 e. The highest BCUT2D eigenvalue weighted by Gasteiger charge is 2.21. The number of aromatic amines is 1. The Labute approximate surface area is 130 Å². The lowest BCUT2D eigenvalue weighted by Gasteiger charge is -2.24. The summed E-state index contributed by atoms with van der Waals surface area (Å²) in [6.07, 6.45) is 0. The molecule has 1 aromatic heterocycles. The fourth-order valence-electron chi connectivity index (χ4n) is 2.32.